The van der Waals surface area contributed by atoms with E-state index in [-0.39, 0.29) is 106 Å². The molecule has 23 valence electrons. The average molecular weight is 302 g/mol. The fourth-order valence-corrected chi connectivity index (χ4v) is 0. The van der Waals surface area contributed by atoms with Crippen molar-refractivity contribution in [3.8, 4) is 0 Å². The van der Waals surface area contributed by atoms with Gasteiger partial charge in [-0.3, -0.25) is 0 Å². The van der Waals surface area contributed by atoms with Crippen LogP contribution in [0.15, 0.2) is 0 Å². The molecule has 0 aliphatic rings. The molecule has 1 radical (unpaired) electrons. The van der Waals surface area contributed by atoms with Crippen molar-refractivity contribution in [2.75, 3.05) is 0 Å². The van der Waals surface area contributed by atoms with Gasteiger partial charge in [0.05, 0.1) is 0 Å². The van der Waals surface area contributed by atoms with Crippen LogP contribution in [0.5, 0.6) is 0 Å². The van der Waals surface area contributed by atoms with Gasteiger partial charge in [0.2, 0.25) is 0 Å². The molecule has 0 amide bonds. The minimum Gasteiger partial charge on any atom is -1.00 e. The molecule has 4 heteroatoms. The number of rotatable bonds is 0. The zero-order valence-electron chi connectivity index (χ0n) is 4.14. The van der Waals surface area contributed by atoms with Gasteiger partial charge >= 0.3 is 45.5 Å². The van der Waals surface area contributed by atoms with Crippen LogP contribution in [0.3, 0.4) is 0 Å². The molecule has 0 aromatic rings. The van der Waals surface area contributed by atoms with Crippen molar-refractivity contribution in [2.45, 2.75) is 0 Å². The van der Waals surface area contributed by atoms with Crippen molar-refractivity contribution >= 4 is 45.5 Å². The van der Waals surface area contributed by atoms with E-state index in [1.165, 1.54) is 0 Å². The molecule has 0 heterocycles. The predicted molar refractivity (Wildman–Crippen MR) is 11.6 cm³/mol. The summed E-state index contributed by atoms with van der Waals surface area (Å²) < 4.78 is 0. The smallest absolute Gasteiger partial charge is 1.00 e. The van der Waals surface area contributed by atoms with Crippen LogP contribution in [0.1, 0.15) is 2.85 Å². The fraction of sp³-hybridized carbons (Fsp3) is 0. The van der Waals surface area contributed by atoms with E-state index in [0.717, 1.165) is 0 Å². The summed E-state index contributed by atoms with van der Waals surface area (Å²) >= 11 is 0. The monoisotopic (exact) mass is 303 g/mol. The van der Waals surface area contributed by atoms with E-state index in [1.54, 1.807) is 0 Å². The van der Waals surface area contributed by atoms with Gasteiger partial charge in [-0.05, 0) is 0 Å². The average Bonchev–Trinajstić information content (AvgIpc) is 0. The molecule has 2 N–H and O–H groups in total. The Balaban J connectivity index is 0. The van der Waals surface area contributed by atoms with Crippen molar-refractivity contribution in [2.24, 2.45) is 0 Å². The molecule has 0 rings (SSSR count). The summed E-state index contributed by atoms with van der Waals surface area (Å²) in [7, 11) is 0. The van der Waals surface area contributed by atoms with Crippen molar-refractivity contribution in [3.05, 3.63) is 0 Å². The van der Waals surface area contributed by atoms with Crippen LogP contribution in [-0.2, 0) is 17.1 Å². The summed E-state index contributed by atoms with van der Waals surface area (Å²) in [4.78, 5) is 0. The molecule has 0 aliphatic heterocycles. The maximum Gasteiger partial charge on any atom is 2.00 e. The first-order valence-corrected chi connectivity index (χ1v) is 0. The SMILES string of the molecule is O.[Fe].[H-].[H-].[La].[Sr+2]. The van der Waals surface area contributed by atoms with E-state index < -0.39 is 0 Å². The van der Waals surface area contributed by atoms with Gasteiger partial charge in [-0.15, -0.1) is 0 Å². The van der Waals surface area contributed by atoms with Gasteiger partial charge in [0.1, 0.15) is 0 Å². The minimum atomic E-state index is 0. The zero-order valence-corrected chi connectivity index (χ0v) is 10.3. The topological polar surface area (TPSA) is 31.5 Å². The Morgan fingerprint density at radius 3 is 1.25 bits per heavy atom. The molecule has 0 aliphatic carbocycles. The molecule has 4 heavy (non-hydrogen) atoms. The molecular weight excluding hydrogens is 298 g/mol. The van der Waals surface area contributed by atoms with Gasteiger partial charge in [0.15, 0.2) is 0 Å². The molecule has 0 unspecified atom stereocenters. The first-order chi connectivity index (χ1) is 0. The van der Waals surface area contributed by atoms with Gasteiger partial charge in [-0.1, -0.05) is 0 Å². The van der Waals surface area contributed by atoms with E-state index in [4.69, 9.17) is 0 Å². The molecule has 0 saturated carbocycles. The third-order valence-corrected chi connectivity index (χ3v) is 0. The standard InChI is InChI=1S/Fe.La.H2O.Sr.2H/h;;1H2;;;/q;;;+2;2*-1. The summed E-state index contributed by atoms with van der Waals surface area (Å²) in [6.45, 7) is 0. The normalized spacial score (nSPS) is 0. The van der Waals surface area contributed by atoms with Crippen LogP contribution in [0.2, 0.25) is 0 Å². The first kappa shape index (κ1) is 27.2. The van der Waals surface area contributed by atoms with Gasteiger partial charge in [0.25, 0.3) is 0 Å². The molecule has 0 bridgehead atoms. The summed E-state index contributed by atoms with van der Waals surface area (Å²) in [6, 6.07) is 0. The van der Waals surface area contributed by atoms with Gasteiger partial charge in [-0.2, -0.15) is 0 Å². The predicted octanol–water partition coefficient (Wildman–Crippen LogP) is -0.983. The second-order valence-electron chi connectivity index (χ2n) is 0. The van der Waals surface area contributed by atoms with Crippen LogP contribution in [-0.4, -0.2) is 51.0 Å². The molecular formula is H4FeLaOSr. The molecule has 0 fully saturated rings. The third-order valence-electron chi connectivity index (χ3n) is 0. The third kappa shape index (κ3) is 8.94. The molecule has 0 spiro atoms. The Hall–Kier alpha value is 3.15. The van der Waals surface area contributed by atoms with Gasteiger partial charge in [-0.25, -0.2) is 0 Å². The maximum absolute atomic E-state index is 0. The fourth-order valence-electron chi connectivity index (χ4n) is 0. The Kier molecular flexibility index (Phi) is 112. The number of hydrogen-bond acceptors (Lipinski definition) is 0. The van der Waals surface area contributed by atoms with Crippen LogP contribution in [0.25, 0.3) is 0 Å². The van der Waals surface area contributed by atoms with Crippen molar-refractivity contribution in [3.63, 3.8) is 0 Å². The maximum atomic E-state index is 0. The second-order valence-corrected chi connectivity index (χ2v) is 0. The van der Waals surface area contributed by atoms with Gasteiger partial charge in [0, 0.05) is 52.7 Å². The van der Waals surface area contributed by atoms with Crippen LogP contribution in [0, 0.1) is 35.6 Å². The summed E-state index contributed by atoms with van der Waals surface area (Å²) in [5, 5.41) is 0. The second kappa shape index (κ2) is 16.4. The van der Waals surface area contributed by atoms with Crippen molar-refractivity contribution in [1.82, 2.24) is 0 Å². The summed E-state index contributed by atoms with van der Waals surface area (Å²) in [5.41, 5.74) is 0. The summed E-state index contributed by atoms with van der Waals surface area (Å²) in [5.74, 6) is 0. The summed E-state index contributed by atoms with van der Waals surface area (Å²) in [6.07, 6.45) is 0. The van der Waals surface area contributed by atoms with E-state index in [0.29, 0.717) is 0 Å². The van der Waals surface area contributed by atoms with E-state index >= 15 is 0 Å². The van der Waals surface area contributed by atoms with E-state index in [2.05, 4.69) is 0 Å². The van der Waals surface area contributed by atoms with Crippen molar-refractivity contribution in [1.29, 1.82) is 0 Å². The molecule has 1 nitrogen and oxygen atoms in total. The molecule has 0 atom stereocenters. The number of hydrogen-bond donors (Lipinski definition) is 0. The minimum absolute atomic E-state index is 0. The van der Waals surface area contributed by atoms with Crippen LogP contribution >= 0.6 is 0 Å². The largest absolute Gasteiger partial charge is 2.00 e. The molecule has 0 aromatic carbocycles. The quantitative estimate of drug-likeness (QED) is 0.515. The molecule has 0 saturated heterocycles. The Labute approximate surface area is 104 Å². The first-order valence-electron chi connectivity index (χ1n) is 0. The van der Waals surface area contributed by atoms with Crippen LogP contribution in [0.4, 0.5) is 0 Å². The molecule has 0 aromatic heterocycles. The van der Waals surface area contributed by atoms with Gasteiger partial charge < -0.3 is 8.33 Å². The van der Waals surface area contributed by atoms with E-state index in [1.807, 2.05) is 0 Å². The Morgan fingerprint density at radius 2 is 1.25 bits per heavy atom. The van der Waals surface area contributed by atoms with Crippen molar-refractivity contribution < 1.29 is 61.0 Å². The Bertz CT molecular complexity index is 13.5. The Morgan fingerprint density at radius 1 is 1.25 bits per heavy atom. The zero-order chi connectivity index (χ0) is 0. The van der Waals surface area contributed by atoms with Crippen LogP contribution < -0.4 is 0 Å². The van der Waals surface area contributed by atoms with E-state index in [9.17, 15) is 0 Å².